The monoisotopic (exact) mass is 282 g/mol. The third-order valence-electron chi connectivity index (χ3n) is 3.43. The van der Waals surface area contributed by atoms with Gasteiger partial charge in [-0.3, -0.25) is 10.00 Å². The number of nitrogens with one attached hydrogen (secondary N) is 1. The molecule has 1 aromatic carbocycles. The topological polar surface area (TPSA) is 62.6 Å². The molecule has 0 aliphatic heterocycles. The summed E-state index contributed by atoms with van der Waals surface area (Å²) in [6, 6.07) is 8.50. The molecule has 3 aromatic rings. The Morgan fingerprint density at radius 3 is 2.86 bits per heavy atom. The fourth-order valence-corrected chi connectivity index (χ4v) is 2.32. The van der Waals surface area contributed by atoms with E-state index in [1.54, 1.807) is 6.33 Å². The molecule has 3 rings (SSSR count). The van der Waals surface area contributed by atoms with Crippen molar-refractivity contribution in [1.82, 2.24) is 29.9 Å². The molecule has 0 atom stereocenters. The van der Waals surface area contributed by atoms with Gasteiger partial charge in [-0.05, 0) is 24.2 Å². The van der Waals surface area contributed by atoms with Crippen LogP contribution in [0, 0.1) is 0 Å². The number of aromatic nitrogens is 5. The first-order valence-electron chi connectivity index (χ1n) is 6.82. The molecule has 0 radical (unpaired) electrons. The summed E-state index contributed by atoms with van der Waals surface area (Å²) < 4.78 is 1.94. The highest BCUT2D eigenvalue weighted by molar-refractivity contribution is 5.62. The minimum Gasteiger partial charge on any atom is -0.320 e. The lowest BCUT2D eigenvalue weighted by atomic mass is 10.1. The first kappa shape index (κ1) is 13.5. The summed E-state index contributed by atoms with van der Waals surface area (Å²) in [4.78, 5) is 2.22. The zero-order chi connectivity index (χ0) is 14.7. The first-order valence-corrected chi connectivity index (χ1v) is 6.82. The van der Waals surface area contributed by atoms with Crippen LogP contribution in [0.25, 0.3) is 11.1 Å². The maximum Gasteiger partial charge on any atom is 0.146 e. The van der Waals surface area contributed by atoms with Crippen molar-refractivity contribution in [3.8, 4) is 11.1 Å². The molecule has 1 N–H and O–H groups in total. The van der Waals surface area contributed by atoms with Gasteiger partial charge in [-0.1, -0.05) is 18.2 Å². The van der Waals surface area contributed by atoms with Crippen molar-refractivity contribution in [3.63, 3.8) is 0 Å². The van der Waals surface area contributed by atoms with E-state index in [-0.39, 0.29) is 0 Å². The van der Waals surface area contributed by atoms with Crippen LogP contribution in [0.5, 0.6) is 0 Å². The van der Waals surface area contributed by atoms with Gasteiger partial charge in [-0.15, -0.1) is 10.2 Å². The Morgan fingerprint density at radius 2 is 2.14 bits per heavy atom. The molecule has 0 fully saturated rings. The average Bonchev–Trinajstić information content (AvgIpc) is 3.12. The highest BCUT2D eigenvalue weighted by atomic mass is 15.3. The number of nitrogens with zero attached hydrogens (tertiary/aromatic N) is 5. The molecule has 0 saturated heterocycles. The second-order valence-corrected chi connectivity index (χ2v) is 5.22. The van der Waals surface area contributed by atoms with Crippen LogP contribution in [0.15, 0.2) is 43.0 Å². The van der Waals surface area contributed by atoms with Crippen molar-refractivity contribution < 1.29 is 0 Å². The number of benzene rings is 1. The minimum atomic E-state index is 0.770. The smallest absolute Gasteiger partial charge is 0.146 e. The van der Waals surface area contributed by atoms with Gasteiger partial charge in [0.05, 0.1) is 12.7 Å². The van der Waals surface area contributed by atoms with Crippen molar-refractivity contribution in [1.29, 1.82) is 0 Å². The van der Waals surface area contributed by atoms with Gasteiger partial charge in [0.1, 0.15) is 12.2 Å². The van der Waals surface area contributed by atoms with Crippen LogP contribution >= 0.6 is 0 Å². The molecule has 2 heterocycles. The van der Waals surface area contributed by atoms with E-state index in [2.05, 4.69) is 56.6 Å². The van der Waals surface area contributed by atoms with Crippen LogP contribution < -0.4 is 0 Å². The Morgan fingerprint density at radius 1 is 1.24 bits per heavy atom. The number of hydrogen-bond donors (Lipinski definition) is 1. The maximum atomic E-state index is 4.11. The number of aryl methyl sites for hydroxylation is 1. The standard InChI is InChI=1S/C15H18N6/c1-20(10-15-19-18-11-21(15)2)9-12-4-3-5-13(6-12)14-7-16-17-8-14/h3-8,11H,9-10H2,1-2H3,(H,16,17). The maximum absolute atomic E-state index is 4.11. The second kappa shape index (κ2) is 5.88. The second-order valence-electron chi connectivity index (χ2n) is 5.22. The highest BCUT2D eigenvalue weighted by Gasteiger charge is 2.07. The molecule has 21 heavy (non-hydrogen) atoms. The minimum absolute atomic E-state index is 0.770. The molecule has 0 aliphatic rings. The van der Waals surface area contributed by atoms with Crippen LogP contribution in [-0.4, -0.2) is 36.9 Å². The molecule has 0 saturated carbocycles. The molecule has 2 aromatic heterocycles. The molecule has 108 valence electrons. The van der Waals surface area contributed by atoms with E-state index in [4.69, 9.17) is 0 Å². The van der Waals surface area contributed by atoms with E-state index in [9.17, 15) is 0 Å². The molecule has 0 amide bonds. The summed E-state index contributed by atoms with van der Waals surface area (Å²) in [5.74, 6) is 0.962. The Kier molecular flexibility index (Phi) is 3.79. The summed E-state index contributed by atoms with van der Waals surface area (Å²) in [7, 11) is 4.04. The van der Waals surface area contributed by atoms with Crippen molar-refractivity contribution in [2.24, 2.45) is 7.05 Å². The third-order valence-corrected chi connectivity index (χ3v) is 3.43. The van der Waals surface area contributed by atoms with Crippen LogP contribution in [0.1, 0.15) is 11.4 Å². The number of hydrogen-bond acceptors (Lipinski definition) is 4. The zero-order valence-corrected chi connectivity index (χ0v) is 12.2. The van der Waals surface area contributed by atoms with E-state index < -0.39 is 0 Å². The van der Waals surface area contributed by atoms with Crippen molar-refractivity contribution in [2.75, 3.05) is 7.05 Å². The average molecular weight is 282 g/mol. The summed E-state index contributed by atoms with van der Waals surface area (Å²) in [6.07, 6.45) is 5.47. The molecule has 0 aliphatic carbocycles. The Balaban J connectivity index is 1.70. The molecular weight excluding hydrogens is 264 g/mol. The van der Waals surface area contributed by atoms with E-state index >= 15 is 0 Å². The highest BCUT2D eigenvalue weighted by Crippen LogP contribution is 2.19. The molecule has 6 nitrogen and oxygen atoms in total. The van der Waals surface area contributed by atoms with Gasteiger partial charge in [-0.2, -0.15) is 5.10 Å². The fraction of sp³-hybridized carbons (Fsp3) is 0.267. The quantitative estimate of drug-likeness (QED) is 0.775. The van der Waals surface area contributed by atoms with Crippen molar-refractivity contribution in [2.45, 2.75) is 13.1 Å². The molecule has 6 heteroatoms. The van der Waals surface area contributed by atoms with Gasteiger partial charge in [0, 0.05) is 25.4 Å². The SMILES string of the molecule is CN(Cc1cccc(-c2cn[nH]c2)c1)Cc1nncn1C. The summed E-state index contributed by atoms with van der Waals surface area (Å²) in [6.45, 7) is 1.63. The van der Waals surface area contributed by atoms with E-state index in [1.807, 2.05) is 24.0 Å². The van der Waals surface area contributed by atoms with Gasteiger partial charge >= 0.3 is 0 Å². The van der Waals surface area contributed by atoms with Gasteiger partial charge in [0.25, 0.3) is 0 Å². The Bertz CT molecular complexity index is 701. The number of H-pyrrole nitrogens is 1. The normalized spacial score (nSPS) is 11.2. The molecule has 0 spiro atoms. The van der Waals surface area contributed by atoms with E-state index in [0.29, 0.717) is 0 Å². The van der Waals surface area contributed by atoms with Gasteiger partial charge in [0.15, 0.2) is 0 Å². The fourth-order valence-electron chi connectivity index (χ4n) is 2.32. The lowest BCUT2D eigenvalue weighted by Gasteiger charge is -2.16. The first-order chi connectivity index (χ1) is 10.2. The number of aromatic amines is 1. The molecule has 0 unspecified atom stereocenters. The van der Waals surface area contributed by atoms with Crippen LogP contribution in [0.2, 0.25) is 0 Å². The largest absolute Gasteiger partial charge is 0.320 e. The number of rotatable bonds is 5. The van der Waals surface area contributed by atoms with E-state index in [1.165, 1.54) is 11.1 Å². The summed E-state index contributed by atoms with van der Waals surface area (Å²) in [5, 5.41) is 14.9. The van der Waals surface area contributed by atoms with Gasteiger partial charge in [-0.25, -0.2) is 0 Å². The Hall–Kier alpha value is -2.47. The summed E-state index contributed by atoms with van der Waals surface area (Å²) in [5.41, 5.74) is 3.54. The van der Waals surface area contributed by atoms with E-state index in [0.717, 1.165) is 24.5 Å². The van der Waals surface area contributed by atoms with Crippen LogP contribution in [0.3, 0.4) is 0 Å². The van der Waals surface area contributed by atoms with Crippen LogP contribution in [0.4, 0.5) is 0 Å². The van der Waals surface area contributed by atoms with Crippen molar-refractivity contribution in [3.05, 3.63) is 54.4 Å². The lowest BCUT2D eigenvalue weighted by Crippen LogP contribution is -2.19. The van der Waals surface area contributed by atoms with Gasteiger partial charge < -0.3 is 4.57 Å². The third kappa shape index (κ3) is 3.17. The Labute approximate surface area is 123 Å². The molecular formula is C15H18N6. The van der Waals surface area contributed by atoms with Gasteiger partial charge in [0.2, 0.25) is 0 Å². The predicted molar refractivity (Wildman–Crippen MR) is 80.2 cm³/mol. The van der Waals surface area contributed by atoms with Crippen molar-refractivity contribution >= 4 is 0 Å². The molecule has 0 bridgehead atoms. The summed E-state index contributed by atoms with van der Waals surface area (Å²) >= 11 is 0. The predicted octanol–water partition coefficient (Wildman–Crippen LogP) is 1.84. The van der Waals surface area contributed by atoms with Crippen LogP contribution in [-0.2, 0) is 20.1 Å². The zero-order valence-electron chi connectivity index (χ0n) is 12.2. The lowest BCUT2D eigenvalue weighted by molar-refractivity contribution is 0.306.